The Kier molecular flexibility index (Phi) is 13.7. The predicted octanol–water partition coefficient (Wildman–Crippen LogP) is 4.56. The van der Waals surface area contributed by atoms with Gasteiger partial charge in [-0.05, 0) is 25.0 Å². The summed E-state index contributed by atoms with van der Waals surface area (Å²) >= 11 is 0. The zero-order valence-corrected chi connectivity index (χ0v) is 25.2. The number of fused-ring (bicyclic) bond motifs is 1. The van der Waals surface area contributed by atoms with Crippen molar-refractivity contribution in [1.82, 2.24) is 0 Å². The first-order chi connectivity index (χ1) is 20.2. The van der Waals surface area contributed by atoms with E-state index in [4.69, 9.17) is 13.9 Å². The third kappa shape index (κ3) is 9.50. The molecule has 6 atom stereocenters. The van der Waals surface area contributed by atoms with Gasteiger partial charge in [-0.3, -0.25) is 4.79 Å². The summed E-state index contributed by atoms with van der Waals surface area (Å²) in [4.78, 5) is 25.2. The largest absolute Gasteiger partial charge is 0.460 e. The van der Waals surface area contributed by atoms with Gasteiger partial charge in [0.1, 0.15) is 35.7 Å². The second-order valence-electron chi connectivity index (χ2n) is 11.6. The Morgan fingerprint density at radius 1 is 0.929 bits per heavy atom. The molecule has 2 heterocycles. The van der Waals surface area contributed by atoms with Gasteiger partial charge < -0.3 is 39.6 Å². The van der Waals surface area contributed by atoms with E-state index in [1.807, 2.05) is 6.92 Å². The van der Waals surface area contributed by atoms with Crippen LogP contribution in [-0.4, -0.2) is 63.6 Å². The number of aliphatic hydroxyl groups excluding tert-OH is 4. The van der Waals surface area contributed by atoms with Gasteiger partial charge in [0.2, 0.25) is 12.2 Å². The Balaban J connectivity index is 1.62. The highest BCUT2D eigenvalue weighted by Crippen LogP contribution is 2.35. The molecule has 1 aliphatic rings. The molecule has 0 spiro atoms. The normalized spacial score (nSPS) is 23.2. The van der Waals surface area contributed by atoms with Crippen molar-refractivity contribution in [2.24, 2.45) is 5.92 Å². The number of aliphatic hydroxyl groups is 4. The molecule has 0 radical (unpaired) electrons. The minimum atomic E-state index is -1.65. The van der Waals surface area contributed by atoms with Crippen LogP contribution in [0.2, 0.25) is 0 Å². The highest BCUT2D eigenvalue weighted by Gasteiger charge is 2.45. The monoisotopic (exact) mass is 591 g/mol. The lowest BCUT2D eigenvalue weighted by atomic mass is 9.99. The fraction of sp³-hybridized carbons (Fsp3) is 0.688. The molecule has 10 heteroatoms. The second kappa shape index (κ2) is 17.0. The summed E-state index contributed by atoms with van der Waals surface area (Å²) in [5, 5.41) is 43.8. The summed E-state index contributed by atoms with van der Waals surface area (Å²) in [5.74, 6) is -0.444. The zero-order chi connectivity index (χ0) is 30.6. The van der Waals surface area contributed by atoms with Crippen LogP contribution in [0.25, 0.3) is 11.0 Å². The number of anilines is 1. The molecule has 0 saturated carbocycles. The molecule has 236 valence electrons. The number of hydrogen-bond acceptors (Lipinski definition) is 9. The van der Waals surface area contributed by atoms with Crippen LogP contribution in [0.5, 0.6) is 5.75 Å². The molecule has 10 nitrogen and oxygen atoms in total. The van der Waals surface area contributed by atoms with Gasteiger partial charge in [0.05, 0.1) is 12.3 Å². The highest BCUT2D eigenvalue weighted by molar-refractivity contribution is 5.97. The van der Waals surface area contributed by atoms with Crippen LogP contribution in [0.15, 0.2) is 27.4 Å². The van der Waals surface area contributed by atoms with Crippen LogP contribution < -0.4 is 15.7 Å². The van der Waals surface area contributed by atoms with Gasteiger partial charge in [0.15, 0.2) is 0 Å². The third-order valence-corrected chi connectivity index (χ3v) is 8.09. The fourth-order valence-corrected chi connectivity index (χ4v) is 5.33. The smallest absolute Gasteiger partial charge is 0.336 e. The predicted molar refractivity (Wildman–Crippen MR) is 160 cm³/mol. The van der Waals surface area contributed by atoms with Gasteiger partial charge in [0, 0.05) is 23.4 Å². The van der Waals surface area contributed by atoms with Gasteiger partial charge in [0.25, 0.3) is 0 Å². The minimum absolute atomic E-state index is 0.0378. The number of carbonyl (C=O) groups excluding carboxylic acids is 1. The Bertz CT molecular complexity index is 1180. The molecule has 1 aliphatic heterocycles. The number of hydrogen-bond donors (Lipinski definition) is 5. The van der Waals surface area contributed by atoms with Gasteiger partial charge in [-0.1, -0.05) is 84.5 Å². The summed E-state index contributed by atoms with van der Waals surface area (Å²) < 4.78 is 16.7. The third-order valence-electron chi connectivity index (χ3n) is 8.09. The second-order valence-corrected chi connectivity index (χ2v) is 11.6. The van der Waals surface area contributed by atoms with E-state index in [1.54, 1.807) is 13.0 Å². The number of amides is 1. The summed E-state index contributed by atoms with van der Waals surface area (Å²) in [6.45, 7) is 5.24. The van der Waals surface area contributed by atoms with E-state index in [0.29, 0.717) is 10.9 Å². The standard InChI is InChI=1S/C32H49NO9/c1-4-5-6-7-8-9-10-11-12-13-14-15-20(2)31(39)33-23-17-22-21(3)16-27(35)40-24(22)18-25(23)41-32-30(38)29(37)28(36)26(19-34)42-32/h16-18,20,26,28-30,32,34,36-38H,4-15,19H2,1-3H3,(H,33,39)/t20-,26+,28-,29-,30+,32+/m0/s1. The van der Waals surface area contributed by atoms with Crippen molar-refractivity contribution in [3.05, 3.63) is 34.2 Å². The van der Waals surface area contributed by atoms with Gasteiger partial charge in [-0.2, -0.15) is 0 Å². The maximum absolute atomic E-state index is 13.2. The molecule has 0 aliphatic carbocycles. The Morgan fingerprint density at radius 2 is 1.55 bits per heavy atom. The van der Waals surface area contributed by atoms with Crippen LogP contribution in [-0.2, 0) is 9.53 Å². The number of benzene rings is 1. The van der Waals surface area contributed by atoms with Crippen molar-refractivity contribution in [2.75, 3.05) is 11.9 Å². The zero-order valence-electron chi connectivity index (χ0n) is 25.2. The topological polar surface area (TPSA) is 159 Å². The van der Waals surface area contributed by atoms with Crippen LogP contribution in [0, 0.1) is 12.8 Å². The lowest BCUT2D eigenvalue weighted by Crippen LogP contribution is -2.60. The van der Waals surface area contributed by atoms with Crippen LogP contribution in [0.1, 0.15) is 96.5 Å². The molecule has 3 rings (SSSR count). The van der Waals surface area contributed by atoms with Gasteiger partial charge in [-0.15, -0.1) is 0 Å². The number of nitrogens with one attached hydrogen (secondary N) is 1. The summed E-state index contributed by atoms with van der Waals surface area (Å²) in [6.07, 6.45) is 6.83. The average Bonchev–Trinajstić information content (AvgIpc) is 2.96. The number of carbonyl (C=O) groups is 1. The van der Waals surface area contributed by atoms with Crippen molar-refractivity contribution in [3.8, 4) is 5.75 Å². The average molecular weight is 592 g/mol. The number of ether oxygens (including phenoxy) is 2. The van der Waals surface area contributed by atoms with Crippen LogP contribution >= 0.6 is 0 Å². The molecule has 1 amide bonds. The Labute approximate surface area is 248 Å². The summed E-state index contributed by atoms with van der Waals surface area (Å²) in [6, 6.07) is 4.39. The molecule has 5 N–H and O–H groups in total. The van der Waals surface area contributed by atoms with E-state index in [2.05, 4.69) is 12.2 Å². The van der Waals surface area contributed by atoms with Crippen molar-refractivity contribution >= 4 is 22.6 Å². The lowest BCUT2D eigenvalue weighted by molar-refractivity contribution is -0.277. The molecule has 0 unspecified atom stereocenters. The SMILES string of the molecule is CCCCCCCCCCCCC[C@H](C)C(=O)Nc1cc2c(C)cc(=O)oc2cc1O[C@@H]1O[C@H](CO)[C@H](O)[C@H](O)[C@H]1O. The fourth-order valence-electron chi connectivity index (χ4n) is 5.33. The quantitative estimate of drug-likeness (QED) is 0.131. The maximum Gasteiger partial charge on any atom is 0.336 e. The molecule has 0 bridgehead atoms. The minimum Gasteiger partial charge on any atom is -0.460 e. The number of rotatable bonds is 17. The Hall–Kier alpha value is -2.50. The van der Waals surface area contributed by atoms with Crippen LogP contribution in [0.4, 0.5) is 5.69 Å². The van der Waals surface area contributed by atoms with E-state index in [1.165, 1.54) is 63.5 Å². The molecular weight excluding hydrogens is 542 g/mol. The highest BCUT2D eigenvalue weighted by atomic mass is 16.7. The van der Waals surface area contributed by atoms with E-state index >= 15 is 0 Å². The molecule has 1 fully saturated rings. The van der Waals surface area contributed by atoms with Crippen molar-refractivity contribution in [3.63, 3.8) is 0 Å². The first kappa shape index (κ1) is 34.0. The van der Waals surface area contributed by atoms with E-state index in [9.17, 15) is 30.0 Å². The maximum atomic E-state index is 13.2. The molecule has 1 aromatic carbocycles. The van der Waals surface area contributed by atoms with Crippen LogP contribution in [0.3, 0.4) is 0 Å². The van der Waals surface area contributed by atoms with Gasteiger partial charge >= 0.3 is 5.63 Å². The van der Waals surface area contributed by atoms with Crippen molar-refractivity contribution < 1.29 is 39.1 Å². The lowest BCUT2D eigenvalue weighted by Gasteiger charge is -2.39. The number of unbranched alkanes of at least 4 members (excludes halogenated alkanes) is 10. The first-order valence-electron chi connectivity index (χ1n) is 15.5. The van der Waals surface area contributed by atoms with E-state index in [0.717, 1.165) is 25.7 Å². The van der Waals surface area contributed by atoms with Crippen molar-refractivity contribution in [2.45, 2.75) is 129 Å². The molecule has 1 saturated heterocycles. The van der Waals surface area contributed by atoms with Crippen molar-refractivity contribution in [1.29, 1.82) is 0 Å². The molecular formula is C32H49NO9. The Morgan fingerprint density at radius 3 is 2.17 bits per heavy atom. The molecule has 2 aromatic rings. The molecule has 1 aromatic heterocycles. The van der Waals surface area contributed by atoms with Gasteiger partial charge in [-0.25, -0.2) is 4.79 Å². The molecule has 42 heavy (non-hydrogen) atoms. The summed E-state index contributed by atoms with van der Waals surface area (Å²) in [7, 11) is 0. The van der Waals surface area contributed by atoms with E-state index in [-0.39, 0.29) is 28.8 Å². The first-order valence-corrected chi connectivity index (χ1v) is 15.5. The summed E-state index contributed by atoms with van der Waals surface area (Å²) in [5.41, 5.74) is 0.556. The number of aryl methyl sites for hydroxylation is 1. The van der Waals surface area contributed by atoms with E-state index < -0.39 is 42.9 Å².